The first-order chi connectivity index (χ1) is 12.3. The van der Waals surface area contributed by atoms with E-state index < -0.39 is 0 Å². The second kappa shape index (κ2) is 5.98. The van der Waals surface area contributed by atoms with Gasteiger partial charge in [-0.15, -0.1) is 0 Å². The normalized spacial score (nSPS) is 11.0. The number of hydrogen-bond donors (Lipinski definition) is 0. The zero-order chi connectivity index (χ0) is 17.4. The highest BCUT2D eigenvalue weighted by Crippen LogP contribution is 2.34. The zero-order valence-electron chi connectivity index (χ0n) is 14.2. The Morgan fingerprint density at radius 2 is 1.68 bits per heavy atom. The van der Waals surface area contributed by atoms with Gasteiger partial charge in [0, 0.05) is 5.56 Å². The first-order valence-corrected chi connectivity index (χ1v) is 7.79. The van der Waals surface area contributed by atoms with Crippen LogP contribution in [0.15, 0.2) is 48.7 Å². The van der Waals surface area contributed by atoms with Crippen LogP contribution in [0.3, 0.4) is 0 Å². The van der Waals surface area contributed by atoms with Crippen LogP contribution < -0.4 is 14.2 Å². The summed E-state index contributed by atoms with van der Waals surface area (Å²) in [6, 6.07) is 13.7. The van der Waals surface area contributed by atoms with Gasteiger partial charge in [0.25, 0.3) is 5.88 Å². The minimum Gasteiger partial charge on any atom is -0.493 e. The molecule has 6 nitrogen and oxygen atoms in total. The van der Waals surface area contributed by atoms with Gasteiger partial charge in [-0.3, -0.25) is 4.40 Å². The lowest BCUT2D eigenvalue weighted by Crippen LogP contribution is -1.98. The standard InChI is InChI=1S/C19H17N3O3/c1-23-16-9-8-12(10-17(16)24-2)15-11-20-18-19(25-3)21-13-6-4-5-7-14(13)22(15)18/h4-11H,1-3H3. The van der Waals surface area contributed by atoms with Crippen LogP contribution in [0.25, 0.3) is 27.9 Å². The summed E-state index contributed by atoms with van der Waals surface area (Å²) in [5, 5.41) is 0. The molecule has 0 atom stereocenters. The minimum atomic E-state index is 0.491. The van der Waals surface area contributed by atoms with Gasteiger partial charge in [-0.25, -0.2) is 9.97 Å². The van der Waals surface area contributed by atoms with Crippen LogP contribution in [-0.4, -0.2) is 35.7 Å². The largest absolute Gasteiger partial charge is 0.493 e. The van der Waals surface area contributed by atoms with E-state index in [0.717, 1.165) is 22.3 Å². The highest BCUT2D eigenvalue weighted by atomic mass is 16.5. The van der Waals surface area contributed by atoms with Gasteiger partial charge in [-0.05, 0) is 30.3 Å². The molecule has 0 fully saturated rings. The van der Waals surface area contributed by atoms with Crippen molar-refractivity contribution in [2.45, 2.75) is 0 Å². The predicted molar refractivity (Wildman–Crippen MR) is 95.6 cm³/mol. The summed E-state index contributed by atoms with van der Waals surface area (Å²) in [6.45, 7) is 0. The lowest BCUT2D eigenvalue weighted by atomic mass is 10.1. The van der Waals surface area contributed by atoms with Crippen LogP contribution >= 0.6 is 0 Å². The zero-order valence-corrected chi connectivity index (χ0v) is 14.2. The monoisotopic (exact) mass is 335 g/mol. The van der Waals surface area contributed by atoms with Gasteiger partial charge in [-0.1, -0.05) is 12.1 Å². The number of ether oxygens (including phenoxy) is 3. The fraction of sp³-hybridized carbons (Fsp3) is 0.158. The van der Waals surface area contributed by atoms with Gasteiger partial charge in [0.2, 0.25) is 5.65 Å². The Labute approximate surface area is 144 Å². The number of nitrogens with zero attached hydrogens (tertiary/aromatic N) is 3. The molecule has 0 spiro atoms. The Kier molecular flexibility index (Phi) is 3.65. The van der Waals surface area contributed by atoms with E-state index >= 15 is 0 Å². The molecule has 0 unspecified atom stereocenters. The SMILES string of the molecule is COc1ccc(-c2cnc3c(OC)nc4ccccc4n23)cc1OC. The number of para-hydroxylation sites is 2. The van der Waals surface area contributed by atoms with Crippen LogP contribution in [0.5, 0.6) is 17.4 Å². The number of imidazole rings is 1. The van der Waals surface area contributed by atoms with Crippen molar-refractivity contribution in [1.29, 1.82) is 0 Å². The van der Waals surface area contributed by atoms with E-state index in [2.05, 4.69) is 9.97 Å². The first-order valence-electron chi connectivity index (χ1n) is 7.79. The van der Waals surface area contributed by atoms with E-state index in [1.165, 1.54) is 0 Å². The highest BCUT2D eigenvalue weighted by molar-refractivity contribution is 5.83. The third-order valence-corrected chi connectivity index (χ3v) is 4.17. The van der Waals surface area contributed by atoms with E-state index in [-0.39, 0.29) is 0 Å². The smallest absolute Gasteiger partial charge is 0.258 e. The summed E-state index contributed by atoms with van der Waals surface area (Å²) < 4.78 is 18.2. The topological polar surface area (TPSA) is 57.9 Å². The number of methoxy groups -OCH3 is 3. The summed E-state index contributed by atoms with van der Waals surface area (Å²) >= 11 is 0. The molecular formula is C19H17N3O3. The molecule has 0 aliphatic rings. The summed E-state index contributed by atoms with van der Waals surface area (Å²) in [7, 11) is 4.84. The van der Waals surface area contributed by atoms with Crippen molar-refractivity contribution in [1.82, 2.24) is 14.4 Å². The number of aromatic nitrogens is 3. The fourth-order valence-corrected chi connectivity index (χ4v) is 2.99. The molecule has 0 saturated heterocycles. The summed E-state index contributed by atoms with van der Waals surface area (Å²) in [4.78, 5) is 9.06. The molecule has 2 aromatic heterocycles. The average molecular weight is 335 g/mol. The summed E-state index contributed by atoms with van der Waals surface area (Å²) in [5.41, 5.74) is 4.36. The molecule has 0 saturated carbocycles. The van der Waals surface area contributed by atoms with Crippen LogP contribution in [-0.2, 0) is 0 Å². The van der Waals surface area contributed by atoms with Crippen molar-refractivity contribution in [3.05, 3.63) is 48.7 Å². The van der Waals surface area contributed by atoms with Crippen molar-refractivity contribution < 1.29 is 14.2 Å². The van der Waals surface area contributed by atoms with Crippen LogP contribution in [0.1, 0.15) is 0 Å². The number of benzene rings is 2. The van der Waals surface area contributed by atoms with Crippen molar-refractivity contribution in [2.75, 3.05) is 21.3 Å². The third-order valence-electron chi connectivity index (χ3n) is 4.17. The molecule has 0 aliphatic heterocycles. The molecule has 2 heterocycles. The Morgan fingerprint density at radius 3 is 2.44 bits per heavy atom. The Morgan fingerprint density at radius 1 is 0.880 bits per heavy atom. The second-order valence-electron chi connectivity index (χ2n) is 5.48. The lowest BCUT2D eigenvalue weighted by Gasteiger charge is -2.11. The molecule has 4 rings (SSSR count). The second-order valence-corrected chi connectivity index (χ2v) is 5.48. The maximum Gasteiger partial charge on any atom is 0.258 e. The molecule has 6 heteroatoms. The molecular weight excluding hydrogens is 318 g/mol. The van der Waals surface area contributed by atoms with Gasteiger partial charge in [0.15, 0.2) is 11.5 Å². The van der Waals surface area contributed by atoms with E-state index in [4.69, 9.17) is 14.2 Å². The van der Waals surface area contributed by atoms with Gasteiger partial charge in [0.1, 0.15) is 0 Å². The molecule has 0 N–H and O–H groups in total. The Balaban J connectivity index is 2.04. The molecule has 2 aromatic carbocycles. The Hall–Kier alpha value is -3.28. The van der Waals surface area contributed by atoms with Gasteiger partial charge < -0.3 is 14.2 Å². The van der Waals surface area contributed by atoms with Crippen LogP contribution in [0, 0.1) is 0 Å². The lowest BCUT2D eigenvalue weighted by molar-refractivity contribution is 0.355. The van der Waals surface area contributed by atoms with Gasteiger partial charge >= 0.3 is 0 Å². The maximum atomic E-state index is 5.43. The van der Waals surface area contributed by atoms with Crippen molar-refractivity contribution >= 4 is 16.7 Å². The molecule has 0 amide bonds. The van der Waals surface area contributed by atoms with Crippen LogP contribution in [0.4, 0.5) is 0 Å². The van der Waals surface area contributed by atoms with E-state index in [9.17, 15) is 0 Å². The molecule has 0 aliphatic carbocycles. The fourth-order valence-electron chi connectivity index (χ4n) is 2.99. The van der Waals surface area contributed by atoms with Crippen molar-refractivity contribution in [2.24, 2.45) is 0 Å². The highest BCUT2D eigenvalue weighted by Gasteiger charge is 2.16. The molecule has 4 aromatic rings. The van der Waals surface area contributed by atoms with E-state index in [1.54, 1.807) is 21.3 Å². The number of fused-ring (bicyclic) bond motifs is 3. The van der Waals surface area contributed by atoms with E-state index in [1.807, 2.05) is 53.1 Å². The number of rotatable bonds is 4. The summed E-state index contributed by atoms with van der Waals surface area (Å²) in [5.74, 6) is 1.84. The van der Waals surface area contributed by atoms with Crippen molar-refractivity contribution in [3.63, 3.8) is 0 Å². The van der Waals surface area contributed by atoms with Crippen molar-refractivity contribution in [3.8, 4) is 28.6 Å². The predicted octanol–water partition coefficient (Wildman–Crippen LogP) is 3.58. The molecule has 0 radical (unpaired) electrons. The Bertz CT molecular complexity index is 1070. The third kappa shape index (κ3) is 2.34. The quantitative estimate of drug-likeness (QED) is 0.570. The average Bonchev–Trinajstić information content (AvgIpc) is 3.12. The molecule has 126 valence electrons. The molecule has 0 bridgehead atoms. The summed E-state index contributed by atoms with van der Waals surface area (Å²) in [6.07, 6.45) is 1.81. The van der Waals surface area contributed by atoms with Gasteiger partial charge in [-0.2, -0.15) is 0 Å². The number of hydrogen-bond acceptors (Lipinski definition) is 5. The maximum absolute atomic E-state index is 5.43. The first kappa shape index (κ1) is 15.3. The van der Waals surface area contributed by atoms with Crippen LogP contribution in [0.2, 0.25) is 0 Å². The van der Waals surface area contributed by atoms with Gasteiger partial charge in [0.05, 0.1) is 44.3 Å². The minimum absolute atomic E-state index is 0.491. The van der Waals surface area contributed by atoms with E-state index in [0.29, 0.717) is 23.0 Å². The molecule has 25 heavy (non-hydrogen) atoms.